The van der Waals surface area contributed by atoms with Gasteiger partial charge < -0.3 is 14.4 Å². The summed E-state index contributed by atoms with van der Waals surface area (Å²) in [6, 6.07) is 10.3. The number of methoxy groups -OCH3 is 2. The van der Waals surface area contributed by atoms with E-state index in [1.54, 1.807) is 17.0 Å². The van der Waals surface area contributed by atoms with E-state index >= 15 is 0 Å². The summed E-state index contributed by atoms with van der Waals surface area (Å²) < 4.78 is 38.4. The predicted octanol–water partition coefficient (Wildman–Crippen LogP) is 2.48. The van der Waals surface area contributed by atoms with Crippen molar-refractivity contribution in [3.63, 3.8) is 0 Å². The number of fused-ring (bicyclic) bond motifs is 1. The van der Waals surface area contributed by atoms with Gasteiger partial charge in [-0.2, -0.15) is 0 Å². The second-order valence-corrected chi connectivity index (χ2v) is 8.19. The average molecular weight is 404 g/mol. The van der Waals surface area contributed by atoms with E-state index in [9.17, 15) is 13.2 Å². The number of rotatable bonds is 7. The fourth-order valence-corrected chi connectivity index (χ4v) is 4.46. The second kappa shape index (κ2) is 8.20. The minimum absolute atomic E-state index is 0.0234. The van der Waals surface area contributed by atoms with Gasteiger partial charge in [-0.3, -0.25) is 4.79 Å². The summed E-state index contributed by atoms with van der Waals surface area (Å²) in [7, 11) is -0.899. The number of carbonyl (C=O) groups is 1. The van der Waals surface area contributed by atoms with E-state index < -0.39 is 10.0 Å². The lowest BCUT2D eigenvalue weighted by atomic mass is 10.1. The normalized spacial score (nSPS) is 13.3. The number of hydrogen-bond acceptors (Lipinski definition) is 5. The zero-order valence-electron chi connectivity index (χ0n) is 16.2. The Balaban J connectivity index is 1.78. The Morgan fingerprint density at radius 3 is 2.61 bits per heavy atom. The van der Waals surface area contributed by atoms with Gasteiger partial charge in [-0.25, -0.2) is 13.1 Å². The number of amides is 1. The maximum atomic E-state index is 12.8. The Kier molecular flexibility index (Phi) is 5.90. The van der Waals surface area contributed by atoms with Crippen LogP contribution in [-0.4, -0.2) is 35.1 Å². The molecule has 0 unspecified atom stereocenters. The van der Waals surface area contributed by atoms with Crippen LogP contribution >= 0.6 is 0 Å². The quantitative estimate of drug-likeness (QED) is 0.766. The number of hydrogen-bond donors (Lipinski definition) is 1. The third kappa shape index (κ3) is 3.98. The number of carbonyl (C=O) groups excluding carboxylic acids is 1. The lowest BCUT2D eigenvalue weighted by Crippen LogP contribution is -2.27. The van der Waals surface area contributed by atoms with Gasteiger partial charge in [0.1, 0.15) is 16.4 Å². The first kappa shape index (κ1) is 20.2. The molecule has 1 N–H and O–H groups in total. The Hall–Kier alpha value is -2.58. The van der Waals surface area contributed by atoms with Crippen LogP contribution in [0.3, 0.4) is 0 Å². The van der Waals surface area contributed by atoms with Gasteiger partial charge >= 0.3 is 0 Å². The van der Waals surface area contributed by atoms with E-state index in [0.717, 1.165) is 23.2 Å². The highest BCUT2D eigenvalue weighted by molar-refractivity contribution is 7.89. The summed E-state index contributed by atoms with van der Waals surface area (Å²) in [5.41, 5.74) is 2.79. The lowest BCUT2D eigenvalue weighted by Gasteiger charge is -2.16. The molecule has 0 saturated heterocycles. The molecule has 3 rings (SSSR count). The van der Waals surface area contributed by atoms with Gasteiger partial charge in [-0.15, -0.1) is 0 Å². The molecule has 0 saturated carbocycles. The van der Waals surface area contributed by atoms with Crippen molar-refractivity contribution < 1.29 is 22.7 Å². The molecular weight excluding hydrogens is 380 g/mol. The first-order valence-electron chi connectivity index (χ1n) is 9.03. The van der Waals surface area contributed by atoms with Crippen LogP contribution in [0.1, 0.15) is 24.5 Å². The van der Waals surface area contributed by atoms with Crippen LogP contribution in [0.25, 0.3) is 0 Å². The standard InChI is InChI=1S/C20H24N2O5S/c1-4-20(23)22-10-9-15-11-14(5-7-17(15)22)13-21-28(24,25)19-12-16(26-2)6-8-18(19)27-3/h5-8,11-12,21H,4,9-10,13H2,1-3H3. The van der Waals surface area contributed by atoms with Crippen LogP contribution in [0, 0.1) is 0 Å². The van der Waals surface area contributed by atoms with Crippen LogP contribution in [-0.2, 0) is 27.8 Å². The molecule has 8 heteroatoms. The van der Waals surface area contributed by atoms with E-state index in [4.69, 9.17) is 9.47 Å². The molecule has 0 aromatic heterocycles. The van der Waals surface area contributed by atoms with Crippen LogP contribution in [0.15, 0.2) is 41.3 Å². The maximum absolute atomic E-state index is 12.8. The monoisotopic (exact) mass is 404 g/mol. The van der Waals surface area contributed by atoms with Gasteiger partial charge in [-0.05, 0) is 35.7 Å². The van der Waals surface area contributed by atoms with Gasteiger partial charge in [0.25, 0.3) is 0 Å². The van der Waals surface area contributed by atoms with E-state index in [2.05, 4.69) is 4.72 Å². The van der Waals surface area contributed by atoms with Gasteiger partial charge in [0.15, 0.2) is 0 Å². The van der Waals surface area contributed by atoms with E-state index in [1.807, 2.05) is 25.1 Å². The molecule has 0 fully saturated rings. The van der Waals surface area contributed by atoms with Crippen molar-refractivity contribution in [2.45, 2.75) is 31.2 Å². The van der Waals surface area contributed by atoms with Gasteiger partial charge in [0.2, 0.25) is 15.9 Å². The number of sulfonamides is 1. The number of benzene rings is 2. The van der Waals surface area contributed by atoms with Crippen molar-refractivity contribution >= 4 is 21.6 Å². The van der Waals surface area contributed by atoms with Crippen LogP contribution < -0.4 is 19.1 Å². The SMILES string of the molecule is CCC(=O)N1CCc2cc(CNS(=O)(=O)c3cc(OC)ccc3OC)ccc21. The number of ether oxygens (including phenoxy) is 2. The Bertz CT molecular complexity index is 988. The highest BCUT2D eigenvalue weighted by Crippen LogP contribution is 2.30. The fourth-order valence-electron chi connectivity index (χ4n) is 3.27. The Labute approximate surface area is 165 Å². The molecule has 2 aromatic rings. The molecule has 7 nitrogen and oxygen atoms in total. The molecule has 1 amide bonds. The number of nitrogens with zero attached hydrogens (tertiary/aromatic N) is 1. The molecule has 0 atom stereocenters. The topological polar surface area (TPSA) is 84.9 Å². The predicted molar refractivity (Wildman–Crippen MR) is 106 cm³/mol. The molecule has 28 heavy (non-hydrogen) atoms. The Morgan fingerprint density at radius 1 is 1.14 bits per heavy atom. The zero-order chi connectivity index (χ0) is 20.3. The molecule has 150 valence electrons. The molecular formula is C20H24N2O5S. The molecule has 0 aliphatic carbocycles. The fraction of sp³-hybridized carbons (Fsp3) is 0.350. The van der Waals surface area contributed by atoms with Crippen LogP contribution in [0.2, 0.25) is 0 Å². The van der Waals surface area contributed by atoms with E-state index in [-0.39, 0.29) is 23.1 Å². The molecule has 1 aliphatic heterocycles. The van der Waals surface area contributed by atoms with Crippen molar-refractivity contribution in [2.75, 3.05) is 25.7 Å². The largest absolute Gasteiger partial charge is 0.497 e. The van der Waals surface area contributed by atoms with Gasteiger partial charge in [0.05, 0.1) is 14.2 Å². The molecule has 0 bridgehead atoms. The van der Waals surface area contributed by atoms with Crippen molar-refractivity contribution in [1.82, 2.24) is 4.72 Å². The summed E-state index contributed by atoms with van der Waals surface area (Å²) in [5.74, 6) is 0.771. The van der Waals surface area contributed by atoms with Gasteiger partial charge in [-0.1, -0.05) is 19.1 Å². The third-order valence-corrected chi connectivity index (χ3v) is 6.19. The van der Waals surface area contributed by atoms with Crippen molar-refractivity contribution in [2.24, 2.45) is 0 Å². The van der Waals surface area contributed by atoms with Gasteiger partial charge in [0, 0.05) is 31.3 Å². The molecule has 0 spiro atoms. The van der Waals surface area contributed by atoms with Crippen molar-refractivity contribution in [3.8, 4) is 11.5 Å². The summed E-state index contributed by atoms with van der Waals surface area (Å²) in [5, 5.41) is 0. The smallest absolute Gasteiger partial charge is 0.244 e. The Morgan fingerprint density at radius 2 is 1.93 bits per heavy atom. The van der Waals surface area contributed by atoms with Crippen LogP contribution in [0.4, 0.5) is 5.69 Å². The second-order valence-electron chi connectivity index (χ2n) is 6.45. The number of anilines is 1. The van der Waals surface area contributed by atoms with Crippen LogP contribution in [0.5, 0.6) is 11.5 Å². The lowest BCUT2D eigenvalue weighted by molar-refractivity contribution is -0.118. The molecule has 1 heterocycles. The highest BCUT2D eigenvalue weighted by atomic mass is 32.2. The minimum atomic E-state index is -3.80. The first-order valence-corrected chi connectivity index (χ1v) is 10.5. The maximum Gasteiger partial charge on any atom is 0.244 e. The molecule has 2 aromatic carbocycles. The summed E-state index contributed by atoms with van der Waals surface area (Å²) in [6.07, 6.45) is 1.23. The summed E-state index contributed by atoms with van der Waals surface area (Å²) >= 11 is 0. The minimum Gasteiger partial charge on any atom is -0.497 e. The first-order chi connectivity index (χ1) is 13.4. The highest BCUT2D eigenvalue weighted by Gasteiger charge is 2.24. The van der Waals surface area contributed by atoms with Crippen molar-refractivity contribution in [3.05, 3.63) is 47.5 Å². The van der Waals surface area contributed by atoms with E-state index in [1.165, 1.54) is 20.3 Å². The summed E-state index contributed by atoms with van der Waals surface area (Å²) in [4.78, 5) is 13.8. The average Bonchev–Trinajstić information content (AvgIpc) is 3.14. The zero-order valence-corrected chi connectivity index (χ0v) is 17.0. The van der Waals surface area contributed by atoms with Crippen molar-refractivity contribution in [1.29, 1.82) is 0 Å². The van der Waals surface area contributed by atoms with E-state index in [0.29, 0.717) is 18.7 Å². The molecule has 0 radical (unpaired) electrons. The summed E-state index contributed by atoms with van der Waals surface area (Å²) in [6.45, 7) is 2.65. The number of nitrogens with one attached hydrogen (secondary N) is 1. The third-order valence-electron chi connectivity index (χ3n) is 4.77. The molecule has 1 aliphatic rings.